The van der Waals surface area contributed by atoms with Gasteiger partial charge in [0, 0.05) is 18.3 Å². The number of hydrogen-bond acceptors (Lipinski definition) is 4. The molecule has 2 aromatic rings. The van der Waals surface area contributed by atoms with Crippen LogP contribution in [0, 0.1) is 0 Å². The number of benzene rings is 1. The van der Waals surface area contributed by atoms with Gasteiger partial charge in [-0.15, -0.1) is 11.3 Å². The third-order valence-corrected chi connectivity index (χ3v) is 4.56. The lowest BCUT2D eigenvalue weighted by atomic mass is 10.1. The van der Waals surface area contributed by atoms with Crippen LogP contribution < -0.4 is 5.32 Å². The number of carbonyl (C=O) groups excluding carboxylic acids is 2. The predicted octanol–water partition coefficient (Wildman–Crippen LogP) is 2.33. The molecule has 2 amide bonds. The predicted molar refractivity (Wildman–Crippen MR) is 94.4 cm³/mol. The number of amides is 2. The largest absolute Gasteiger partial charge is 0.386 e. The molecule has 0 aliphatic carbocycles. The molecule has 0 aliphatic rings. The summed E-state index contributed by atoms with van der Waals surface area (Å²) in [5.41, 5.74) is 0.972. The lowest BCUT2D eigenvalue weighted by molar-refractivity contribution is -0.137. The summed E-state index contributed by atoms with van der Waals surface area (Å²) >= 11 is 1.45. The minimum absolute atomic E-state index is 0.179. The molecule has 0 saturated heterocycles. The Balaban J connectivity index is 2.13. The van der Waals surface area contributed by atoms with Crippen molar-refractivity contribution < 1.29 is 14.7 Å². The van der Waals surface area contributed by atoms with Gasteiger partial charge in [-0.2, -0.15) is 0 Å². The van der Waals surface area contributed by atoms with E-state index in [1.807, 2.05) is 47.8 Å². The summed E-state index contributed by atoms with van der Waals surface area (Å²) in [6.45, 7) is 3.59. The Labute approximate surface area is 145 Å². The van der Waals surface area contributed by atoms with Crippen molar-refractivity contribution in [2.24, 2.45) is 0 Å². The van der Waals surface area contributed by atoms with Gasteiger partial charge in [0.15, 0.2) is 0 Å². The van der Waals surface area contributed by atoms with Crippen molar-refractivity contribution in [2.45, 2.75) is 32.5 Å². The zero-order chi connectivity index (χ0) is 17.5. The van der Waals surface area contributed by atoms with Crippen LogP contribution in [0.2, 0.25) is 0 Å². The molecule has 0 fully saturated rings. The van der Waals surface area contributed by atoms with Crippen LogP contribution in [0.1, 0.15) is 30.4 Å². The molecular formula is C18H22N2O3S. The second kappa shape index (κ2) is 8.61. The summed E-state index contributed by atoms with van der Waals surface area (Å²) in [6, 6.07) is 12.7. The van der Waals surface area contributed by atoms with Gasteiger partial charge >= 0.3 is 0 Å². The molecule has 1 heterocycles. The van der Waals surface area contributed by atoms with Gasteiger partial charge < -0.3 is 15.3 Å². The topological polar surface area (TPSA) is 69.6 Å². The van der Waals surface area contributed by atoms with E-state index in [-0.39, 0.29) is 18.4 Å². The Kier molecular flexibility index (Phi) is 6.52. The van der Waals surface area contributed by atoms with Crippen molar-refractivity contribution >= 4 is 23.2 Å². The van der Waals surface area contributed by atoms with Crippen LogP contribution in [0.15, 0.2) is 47.8 Å². The van der Waals surface area contributed by atoms with E-state index in [1.54, 1.807) is 11.8 Å². The summed E-state index contributed by atoms with van der Waals surface area (Å²) in [7, 11) is 0. The zero-order valence-electron chi connectivity index (χ0n) is 13.8. The molecule has 2 atom stereocenters. The smallest absolute Gasteiger partial charge is 0.245 e. The molecule has 0 radical (unpaired) electrons. The molecule has 5 nitrogen and oxygen atoms in total. The molecule has 128 valence electrons. The molecule has 0 bridgehead atoms. The Bertz CT molecular complexity index is 658. The van der Waals surface area contributed by atoms with E-state index in [0.29, 0.717) is 6.54 Å². The average Bonchev–Trinajstić information content (AvgIpc) is 3.08. The maximum atomic E-state index is 12.7. The van der Waals surface area contributed by atoms with Crippen LogP contribution in [-0.2, 0) is 16.1 Å². The van der Waals surface area contributed by atoms with E-state index in [0.717, 1.165) is 10.4 Å². The number of thiophene rings is 1. The Morgan fingerprint density at radius 1 is 1.21 bits per heavy atom. The quantitative estimate of drug-likeness (QED) is 0.808. The number of aliphatic hydroxyl groups is 1. The number of carbonyl (C=O) groups is 2. The van der Waals surface area contributed by atoms with Gasteiger partial charge in [-0.3, -0.25) is 9.59 Å². The normalized spacial score (nSPS) is 13.1. The Hall–Kier alpha value is -2.18. The van der Waals surface area contributed by atoms with Crippen LogP contribution in [0.25, 0.3) is 0 Å². The molecule has 2 rings (SSSR count). The summed E-state index contributed by atoms with van der Waals surface area (Å²) in [5.74, 6) is -0.473. The van der Waals surface area contributed by atoms with Crippen molar-refractivity contribution in [2.75, 3.05) is 6.54 Å². The van der Waals surface area contributed by atoms with Crippen LogP contribution in [0.4, 0.5) is 0 Å². The molecule has 1 aromatic carbocycles. The fraction of sp³-hybridized carbons (Fsp3) is 0.333. The standard InChI is InChI=1S/C18H22N2O3S/c1-13(19-14(2)21)18(23)20(11-15-7-4-3-5-8-15)12-16(22)17-9-6-10-24-17/h3-10,13,16,22H,11-12H2,1-2H3,(H,19,21). The van der Waals surface area contributed by atoms with Gasteiger partial charge in [-0.05, 0) is 23.9 Å². The maximum Gasteiger partial charge on any atom is 0.245 e. The molecule has 24 heavy (non-hydrogen) atoms. The number of rotatable bonds is 7. The molecule has 6 heteroatoms. The summed E-state index contributed by atoms with van der Waals surface area (Å²) < 4.78 is 0. The first-order valence-corrected chi connectivity index (χ1v) is 8.66. The Morgan fingerprint density at radius 3 is 2.50 bits per heavy atom. The molecule has 0 saturated carbocycles. The second-order valence-electron chi connectivity index (χ2n) is 5.66. The molecule has 0 spiro atoms. The van der Waals surface area contributed by atoms with Crippen molar-refractivity contribution in [3.63, 3.8) is 0 Å². The highest BCUT2D eigenvalue weighted by Gasteiger charge is 2.24. The van der Waals surface area contributed by atoms with E-state index < -0.39 is 12.1 Å². The molecule has 0 aliphatic heterocycles. The number of aliphatic hydroxyl groups excluding tert-OH is 1. The average molecular weight is 346 g/mol. The van der Waals surface area contributed by atoms with Gasteiger partial charge in [-0.1, -0.05) is 36.4 Å². The lowest BCUT2D eigenvalue weighted by Crippen LogP contribution is -2.47. The minimum Gasteiger partial charge on any atom is -0.386 e. The van der Waals surface area contributed by atoms with Gasteiger partial charge in [0.1, 0.15) is 12.1 Å². The number of hydrogen-bond donors (Lipinski definition) is 2. The van der Waals surface area contributed by atoms with Crippen LogP contribution >= 0.6 is 11.3 Å². The fourth-order valence-electron chi connectivity index (χ4n) is 2.46. The third kappa shape index (κ3) is 5.18. The number of nitrogens with zero attached hydrogens (tertiary/aromatic N) is 1. The van der Waals surface area contributed by atoms with Crippen molar-refractivity contribution in [3.05, 3.63) is 58.3 Å². The van der Waals surface area contributed by atoms with E-state index in [2.05, 4.69) is 5.32 Å². The van der Waals surface area contributed by atoms with Crippen molar-refractivity contribution in [1.82, 2.24) is 10.2 Å². The highest BCUT2D eigenvalue weighted by atomic mass is 32.1. The van der Waals surface area contributed by atoms with E-state index >= 15 is 0 Å². The van der Waals surface area contributed by atoms with Crippen molar-refractivity contribution in [3.8, 4) is 0 Å². The molecule has 2 N–H and O–H groups in total. The highest BCUT2D eigenvalue weighted by Crippen LogP contribution is 2.21. The van der Waals surface area contributed by atoms with E-state index in [9.17, 15) is 14.7 Å². The molecule has 2 unspecified atom stereocenters. The highest BCUT2D eigenvalue weighted by molar-refractivity contribution is 7.10. The lowest BCUT2D eigenvalue weighted by Gasteiger charge is -2.28. The first-order valence-electron chi connectivity index (χ1n) is 7.78. The van der Waals surface area contributed by atoms with E-state index in [4.69, 9.17) is 0 Å². The monoisotopic (exact) mass is 346 g/mol. The zero-order valence-corrected chi connectivity index (χ0v) is 14.6. The minimum atomic E-state index is -0.748. The summed E-state index contributed by atoms with van der Waals surface area (Å²) in [5, 5.41) is 14.9. The van der Waals surface area contributed by atoms with Gasteiger partial charge in [0.05, 0.1) is 6.54 Å². The summed E-state index contributed by atoms with van der Waals surface area (Å²) in [4.78, 5) is 26.3. The fourth-order valence-corrected chi connectivity index (χ4v) is 3.16. The molecular weight excluding hydrogens is 324 g/mol. The third-order valence-electron chi connectivity index (χ3n) is 3.58. The van der Waals surface area contributed by atoms with Gasteiger partial charge in [0.2, 0.25) is 11.8 Å². The summed E-state index contributed by atoms with van der Waals surface area (Å²) in [6.07, 6.45) is -0.748. The second-order valence-corrected chi connectivity index (χ2v) is 6.64. The van der Waals surface area contributed by atoms with Gasteiger partial charge in [0.25, 0.3) is 0 Å². The SMILES string of the molecule is CC(=O)NC(C)C(=O)N(Cc1ccccc1)CC(O)c1cccs1. The van der Waals surface area contributed by atoms with Crippen LogP contribution in [0.3, 0.4) is 0 Å². The first-order chi connectivity index (χ1) is 11.5. The van der Waals surface area contributed by atoms with Crippen LogP contribution in [0.5, 0.6) is 0 Å². The van der Waals surface area contributed by atoms with Gasteiger partial charge in [-0.25, -0.2) is 0 Å². The Morgan fingerprint density at radius 2 is 1.92 bits per heavy atom. The number of nitrogens with one attached hydrogen (secondary N) is 1. The first kappa shape index (κ1) is 18.2. The maximum absolute atomic E-state index is 12.7. The van der Waals surface area contributed by atoms with Crippen LogP contribution in [-0.4, -0.2) is 34.4 Å². The van der Waals surface area contributed by atoms with E-state index in [1.165, 1.54) is 18.3 Å². The molecule has 1 aromatic heterocycles. The van der Waals surface area contributed by atoms with Crippen molar-refractivity contribution in [1.29, 1.82) is 0 Å².